The van der Waals surface area contributed by atoms with E-state index in [1.54, 1.807) is 4.90 Å². The highest BCUT2D eigenvalue weighted by Gasteiger charge is 2.48. The van der Waals surface area contributed by atoms with Gasteiger partial charge in [-0.3, -0.25) is 9.59 Å². The summed E-state index contributed by atoms with van der Waals surface area (Å²) in [6, 6.07) is 22.1. The molecule has 0 saturated heterocycles. The van der Waals surface area contributed by atoms with Gasteiger partial charge in [0.2, 0.25) is 5.91 Å². The van der Waals surface area contributed by atoms with Gasteiger partial charge in [-0.2, -0.15) is 0 Å². The predicted octanol–water partition coefficient (Wildman–Crippen LogP) is 5.07. The van der Waals surface area contributed by atoms with E-state index in [1.807, 2.05) is 85.1 Å². The number of nitrogens with zero attached hydrogens (tertiary/aromatic N) is 2. The van der Waals surface area contributed by atoms with Crippen LogP contribution in [0.1, 0.15) is 55.6 Å². The molecule has 1 fully saturated rings. The van der Waals surface area contributed by atoms with Gasteiger partial charge in [0.15, 0.2) is 0 Å². The molecule has 1 N–H and O–H groups in total. The largest absolute Gasteiger partial charge is 0.494 e. The summed E-state index contributed by atoms with van der Waals surface area (Å²) in [5, 5.41) is 3.28. The fraction of sp³-hybridized carbons (Fsp3) is 0.400. The molecule has 1 aliphatic heterocycles. The van der Waals surface area contributed by atoms with Crippen LogP contribution in [0.15, 0.2) is 66.7 Å². The zero-order valence-corrected chi connectivity index (χ0v) is 21.2. The summed E-state index contributed by atoms with van der Waals surface area (Å²) >= 11 is 0. The highest BCUT2D eigenvalue weighted by Crippen LogP contribution is 2.34. The molecule has 0 radical (unpaired) electrons. The minimum absolute atomic E-state index is 0.0622. The maximum Gasteiger partial charge on any atom is 0.271 e. The van der Waals surface area contributed by atoms with Gasteiger partial charge in [0.1, 0.15) is 17.0 Å². The van der Waals surface area contributed by atoms with E-state index >= 15 is 0 Å². The summed E-state index contributed by atoms with van der Waals surface area (Å²) in [5.74, 6) is 0.675. The average Bonchev–Trinajstić information content (AvgIpc) is 3.55. The zero-order valence-electron chi connectivity index (χ0n) is 21.2. The molecule has 0 bridgehead atoms. The van der Waals surface area contributed by atoms with Crippen molar-refractivity contribution in [3.8, 4) is 17.0 Å². The molecule has 1 saturated carbocycles. The Kier molecular flexibility index (Phi) is 6.86. The maximum atomic E-state index is 13.9. The second-order valence-electron chi connectivity index (χ2n) is 10.1. The van der Waals surface area contributed by atoms with Gasteiger partial charge in [0.05, 0.1) is 13.2 Å². The van der Waals surface area contributed by atoms with Gasteiger partial charge >= 0.3 is 0 Å². The third-order valence-electron chi connectivity index (χ3n) is 7.61. The molecule has 6 heteroatoms. The number of amides is 2. The first-order valence-corrected chi connectivity index (χ1v) is 13.1. The maximum absolute atomic E-state index is 13.9. The van der Waals surface area contributed by atoms with E-state index < -0.39 is 5.54 Å². The lowest BCUT2D eigenvalue weighted by molar-refractivity contribution is -0.133. The number of carbonyl (C=O) groups is 2. The van der Waals surface area contributed by atoms with Crippen LogP contribution in [0, 0.1) is 0 Å². The molecule has 2 aromatic carbocycles. The highest BCUT2D eigenvalue weighted by atomic mass is 16.5. The van der Waals surface area contributed by atoms with Gasteiger partial charge in [-0.1, -0.05) is 55.3 Å². The summed E-state index contributed by atoms with van der Waals surface area (Å²) in [4.78, 5) is 29.5. The van der Waals surface area contributed by atoms with Crippen molar-refractivity contribution in [2.75, 3.05) is 13.2 Å². The van der Waals surface area contributed by atoms with Crippen molar-refractivity contribution in [1.29, 1.82) is 0 Å². The molecular weight excluding hydrogens is 450 g/mol. The molecule has 1 aliphatic carbocycles. The van der Waals surface area contributed by atoms with Crippen molar-refractivity contribution < 1.29 is 14.3 Å². The first-order valence-electron chi connectivity index (χ1n) is 13.1. The Morgan fingerprint density at radius 1 is 1.00 bits per heavy atom. The quantitative estimate of drug-likeness (QED) is 0.485. The molecule has 188 valence electrons. The molecule has 2 heterocycles. The van der Waals surface area contributed by atoms with Crippen LogP contribution in [0.4, 0.5) is 0 Å². The molecule has 3 aromatic rings. The van der Waals surface area contributed by atoms with E-state index in [1.165, 1.54) is 0 Å². The van der Waals surface area contributed by atoms with E-state index in [0.29, 0.717) is 31.8 Å². The van der Waals surface area contributed by atoms with Crippen molar-refractivity contribution >= 4 is 11.8 Å². The molecule has 1 atom stereocenters. The van der Waals surface area contributed by atoms with Crippen molar-refractivity contribution in [3.05, 3.63) is 78.0 Å². The first-order chi connectivity index (χ1) is 17.5. The molecule has 36 heavy (non-hydrogen) atoms. The minimum Gasteiger partial charge on any atom is -0.494 e. The lowest BCUT2D eigenvalue weighted by Gasteiger charge is -2.45. The van der Waals surface area contributed by atoms with Crippen LogP contribution >= 0.6 is 0 Å². The van der Waals surface area contributed by atoms with Crippen molar-refractivity contribution in [3.63, 3.8) is 0 Å². The molecule has 0 spiro atoms. The van der Waals surface area contributed by atoms with E-state index in [-0.39, 0.29) is 17.9 Å². The molecule has 0 unspecified atom stereocenters. The second-order valence-corrected chi connectivity index (χ2v) is 10.1. The Morgan fingerprint density at radius 3 is 2.39 bits per heavy atom. The molecule has 6 nitrogen and oxygen atoms in total. The van der Waals surface area contributed by atoms with Crippen LogP contribution in [-0.4, -0.2) is 46.0 Å². The standard InChI is InChI=1S/C30H35N3O3/c1-3-36-25-15-13-22(14-16-25)19-20-33-28(34)27-18-17-26(23-9-5-4-6-10-23)32(27)21-30(33,2)29(35)31-24-11-7-8-12-24/h4-6,9-10,13-18,24H,3,7-8,11-12,19-21H2,1-2H3,(H,31,35)/t30-/m1/s1. The summed E-state index contributed by atoms with van der Waals surface area (Å²) in [6.45, 7) is 5.40. The lowest BCUT2D eigenvalue weighted by atomic mass is 9.93. The van der Waals surface area contributed by atoms with E-state index in [9.17, 15) is 9.59 Å². The third-order valence-corrected chi connectivity index (χ3v) is 7.61. The van der Waals surface area contributed by atoms with E-state index in [4.69, 9.17) is 4.74 Å². The lowest BCUT2D eigenvalue weighted by Crippen LogP contribution is -2.65. The Morgan fingerprint density at radius 2 is 1.69 bits per heavy atom. The van der Waals surface area contributed by atoms with Gasteiger partial charge in [0, 0.05) is 18.3 Å². The van der Waals surface area contributed by atoms with Gasteiger partial charge < -0.3 is 19.5 Å². The van der Waals surface area contributed by atoms with Crippen molar-refractivity contribution in [1.82, 2.24) is 14.8 Å². The van der Waals surface area contributed by atoms with E-state index in [0.717, 1.165) is 48.3 Å². The van der Waals surface area contributed by atoms with Gasteiger partial charge in [-0.05, 0) is 68.5 Å². The number of rotatable bonds is 8. The van der Waals surface area contributed by atoms with Crippen LogP contribution in [0.3, 0.4) is 0 Å². The number of aromatic nitrogens is 1. The number of hydrogen-bond donors (Lipinski definition) is 1. The van der Waals surface area contributed by atoms with Crippen LogP contribution in [0.25, 0.3) is 11.3 Å². The number of ether oxygens (including phenoxy) is 1. The first kappa shape index (κ1) is 24.2. The average molecular weight is 486 g/mol. The van der Waals surface area contributed by atoms with Crippen molar-refractivity contribution in [2.45, 2.75) is 64.1 Å². The van der Waals surface area contributed by atoms with Crippen LogP contribution < -0.4 is 10.1 Å². The Labute approximate surface area is 213 Å². The monoisotopic (exact) mass is 485 g/mol. The molecule has 1 aromatic heterocycles. The van der Waals surface area contributed by atoms with Gasteiger partial charge in [0.25, 0.3) is 5.91 Å². The number of hydrogen-bond acceptors (Lipinski definition) is 3. The number of benzene rings is 2. The number of fused-ring (bicyclic) bond motifs is 1. The third kappa shape index (κ3) is 4.64. The summed E-state index contributed by atoms with van der Waals surface area (Å²) in [5.41, 5.74) is 2.76. The fourth-order valence-electron chi connectivity index (χ4n) is 5.55. The van der Waals surface area contributed by atoms with Crippen molar-refractivity contribution in [2.24, 2.45) is 0 Å². The molecule has 2 amide bonds. The fourth-order valence-corrected chi connectivity index (χ4v) is 5.55. The highest BCUT2D eigenvalue weighted by molar-refractivity contribution is 6.00. The Bertz CT molecular complexity index is 1210. The van der Waals surface area contributed by atoms with E-state index in [2.05, 4.69) is 5.32 Å². The van der Waals surface area contributed by atoms with Gasteiger partial charge in [-0.25, -0.2) is 0 Å². The SMILES string of the molecule is CCOc1ccc(CCN2C(=O)c3ccc(-c4ccccc4)n3C[C@]2(C)C(=O)NC2CCCC2)cc1. The number of nitrogens with one attached hydrogen (secondary N) is 1. The zero-order chi connectivity index (χ0) is 25.1. The summed E-state index contributed by atoms with van der Waals surface area (Å²) < 4.78 is 7.58. The topological polar surface area (TPSA) is 63.6 Å². The summed E-state index contributed by atoms with van der Waals surface area (Å²) in [6.07, 6.45) is 4.96. The van der Waals surface area contributed by atoms with Crippen LogP contribution in [0.2, 0.25) is 0 Å². The molecule has 5 rings (SSSR count). The summed E-state index contributed by atoms with van der Waals surface area (Å²) in [7, 11) is 0. The molecule has 2 aliphatic rings. The molecular formula is C30H35N3O3. The van der Waals surface area contributed by atoms with Crippen LogP contribution in [0.5, 0.6) is 5.75 Å². The number of carbonyl (C=O) groups excluding carboxylic acids is 2. The predicted molar refractivity (Wildman–Crippen MR) is 141 cm³/mol. The van der Waals surface area contributed by atoms with Gasteiger partial charge in [-0.15, -0.1) is 0 Å². The Hall–Kier alpha value is -3.54. The smallest absolute Gasteiger partial charge is 0.271 e. The van der Waals surface area contributed by atoms with Crippen LogP contribution in [-0.2, 0) is 17.8 Å². The minimum atomic E-state index is -0.986. The Balaban J connectivity index is 1.45. The normalized spacial score (nSPS) is 19.8. The second kappa shape index (κ2) is 10.2.